The zero-order valence-electron chi connectivity index (χ0n) is 17.8. The van der Waals surface area contributed by atoms with Gasteiger partial charge in [0.25, 0.3) is 0 Å². The Bertz CT molecular complexity index is 1030. The van der Waals surface area contributed by atoms with Crippen LogP contribution in [-0.4, -0.2) is 52.7 Å². The third kappa shape index (κ3) is 3.61. The Kier molecular flexibility index (Phi) is 5.12. The van der Waals surface area contributed by atoms with E-state index in [0.29, 0.717) is 12.8 Å². The van der Waals surface area contributed by atoms with Crippen LogP contribution in [0.15, 0.2) is 48.5 Å². The predicted molar refractivity (Wildman–Crippen MR) is 117 cm³/mol. The van der Waals surface area contributed by atoms with Crippen LogP contribution in [0.25, 0.3) is 11.1 Å². The Morgan fingerprint density at radius 2 is 1.59 bits per heavy atom. The zero-order chi connectivity index (χ0) is 22.3. The number of amides is 2. The smallest absolute Gasteiger partial charge is 0.408 e. The molecule has 2 saturated carbocycles. The molecule has 0 atom stereocenters. The predicted octanol–water partition coefficient (Wildman–Crippen LogP) is 3.52. The summed E-state index contributed by atoms with van der Waals surface area (Å²) in [6.07, 6.45) is 2.78. The van der Waals surface area contributed by atoms with Gasteiger partial charge in [-0.25, -0.2) is 4.79 Å². The third-order valence-corrected chi connectivity index (χ3v) is 6.86. The summed E-state index contributed by atoms with van der Waals surface area (Å²) in [6.45, 7) is -0.163. The van der Waals surface area contributed by atoms with Crippen molar-refractivity contribution in [3.63, 3.8) is 0 Å². The minimum Gasteiger partial charge on any atom is -0.480 e. The number of carboxylic acids is 1. The van der Waals surface area contributed by atoms with E-state index in [1.165, 1.54) is 4.90 Å². The first-order chi connectivity index (χ1) is 15.5. The largest absolute Gasteiger partial charge is 0.480 e. The second-order valence-electron chi connectivity index (χ2n) is 8.94. The molecule has 0 saturated heterocycles. The SMILES string of the molecule is O=C(O)CN(C(=O)C1(NC(=O)OCC2c3ccccc3-c3ccccc32)CCC1)C1CC1. The fourth-order valence-corrected chi connectivity index (χ4v) is 4.93. The Morgan fingerprint density at radius 1 is 1.00 bits per heavy atom. The van der Waals surface area contributed by atoms with Crippen molar-refractivity contribution in [3.05, 3.63) is 59.7 Å². The maximum absolute atomic E-state index is 13.2. The molecule has 0 heterocycles. The van der Waals surface area contributed by atoms with Gasteiger partial charge in [-0.2, -0.15) is 0 Å². The van der Waals surface area contributed by atoms with E-state index < -0.39 is 17.6 Å². The maximum atomic E-state index is 13.2. The first-order valence-corrected chi connectivity index (χ1v) is 11.1. The summed E-state index contributed by atoms with van der Waals surface area (Å²) >= 11 is 0. The monoisotopic (exact) mass is 434 g/mol. The van der Waals surface area contributed by atoms with Crippen LogP contribution in [-0.2, 0) is 14.3 Å². The van der Waals surface area contributed by atoms with E-state index in [-0.39, 0.29) is 31.0 Å². The average molecular weight is 434 g/mol. The topological polar surface area (TPSA) is 95.9 Å². The molecule has 2 fully saturated rings. The number of rotatable bonds is 7. The molecule has 2 aromatic carbocycles. The zero-order valence-corrected chi connectivity index (χ0v) is 17.8. The van der Waals surface area contributed by atoms with E-state index in [1.807, 2.05) is 24.3 Å². The Labute approximate surface area is 186 Å². The minimum atomic E-state index is -1.05. The van der Waals surface area contributed by atoms with Gasteiger partial charge in [-0.3, -0.25) is 9.59 Å². The summed E-state index contributed by atoms with van der Waals surface area (Å²) in [4.78, 5) is 38.6. The molecule has 5 rings (SSSR count). The van der Waals surface area contributed by atoms with Crippen LogP contribution in [0.1, 0.15) is 49.1 Å². The van der Waals surface area contributed by atoms with Crippen LogP contribution in [0.5, 0.6) is 0 Å². The summed E-state index contributed by atoms with van der Waals surface area (Å²) in [5.74, 6) is -1.40. The summed E-state index contributed by atoms with van der Waals surface area (Å²) in [6, 6.07) is 16.2. The van der Waals surface area contributed by atoms with Crippen LogP contribution >= 0.6 is 0 Å². The number of hydrogen-bond acceptors (Lipinski definition) is 4. The maximum Gasteiger partial charge on any atom is 0.408 e. The molecular formula is C25H26N2O5. The van der Waals surface area contributed by atoms with Gasteiger partial charge in [-0.15, -0.1) is 0 Å². The van der Waals surface area contributed by atoms with Gasteiger partial charge in [0.15, 0.2) is 0 Å². The molecule has 0 bridgehead atoms. The highest BCUT2D eigenvalue weighted by molar-refractivity contribution is 5.93. The summed E-state index contributed by atoms with van der Waals surface area (Å²) in [5.41, 5.74) is 3.49. The van der Waals surface area contributed by atoms with Crippen molar-refractivity contribution in [2.24, 2.45) is 0 Å². The van der Waals surface area contributed by atoms with Crippen molar-refractivity contribution in [1.29, 1.82) is 0 Å². The Morgan fingerprint density at radius 3 is 2.09 bits per heavy atom. The molecule has 2 aromatic rings. The standard InChI is InChI=1S/C25H26N2O5/c28-22(29)14-27(16-10-11-16)23(30)25(12-5-13-25)26-24(31)32-15-21-19-8-3-1-6-17(19)18-7-2-4-9-20(18)21/h1-4,6-9,16,21H,5,10-15H2,(H,26,31)(H,28,29). The number of carbonyl (C=O) groups excluding carboxylic acids is 2. The van der Waals surface area contributed by atoms with Gasteiger partial charge < -0.3 is 20.1 Å². The van der Waals surface area contributed by atoms with Gasteiger partial charge in [0.05, 0.1) is 0 Å². The average Bonchev–Trinajstić information content (AvgIpc) is 3.55. The second-order valence-corrected chi connectivity index (χ2v) is 8.94. The van der Waals surface area contributed by atoms with E-state index >= 15 is 0 Å². The summed E-state index contributed by atoms with van der Waals surface area (Å²) in [5, 5.41) is 12.0. The number of nitrogens with zero attached hydrogens (tertiary/aromatic N) is 1. The van der Waals surface area contributed by atoms with Crippen molar-refractivity contribution in [2.75, 3.05) is 13.2 Å². The normalized spacial score (nSPS) is 18.1. The molecule has 7 nitrogen and oxygen atoms in total. The molecule has 0 spiro atoms. The van der Waals surface area contributed by atoms with E-state index in [4.69, 9.17) is 4.74 Å². The fraction of sp³-hybridized carbons (Fsp3) is 0.400. The molecule has 32 heavy (non-hydrogen) atoms. The number of benzene rings is 2. The molecule has 2 N–H and O–H groups in total. The van der Waals surface area contributed by atoms with Crippen molar-refractivity contribution >= 4 is 18.0 Å². The van der Waals surface area contributed by atoms with Crippen molar-refractivity contribution in [1.82, 2.24) is 10.2 Å². The number of hydrogen-bond donors (Lipinski definition) is 2. The lowest BCUT2D eigenvalue weighted by Gasteiger charge is -2.43. The molecule has 0 aromatic heterocycles. The van der Waals surface area contributed by atoms with Gasteiger partial charge in [-0.1, -0.05) is 48.5 Å². The number of alkyl carbamates (subject to hydrolysis) is 1. The van der Waals surface area contributed by atoms with E-state index in [1.54, 1.807) is 0 Å². The molecule has 3 aliphatic carbocycles. The first kappa shape index (κ1) is 20.5. The lowest BCUT2D eigenvalue weighted by Crippen LogP contribution is -2.64. The van der Waals surface area contributed by atoms with Gasteiger partial charge in [0.1, 0.15) is 18.7 Å². The highest BCUT2D eigenvalue weighted by Gasteiger charge is 2.51. The number of carboxylic acid groups (broad SMARTS) is 1. The van der Waals surface area contributed by atoms with Gasteiger partial charge >= 0.3 is 12.1 Å². The number of nitrogens with one attached hydrogen (secondary N) is 1. The molecule has 166 valence electrons. The first-order valence-electron chi connectivity index (χ1n) is 11.1. The molecule has 0 unspecified atom stereocenters. The molecule has 0 radical (unpaired) electrons. The van der Waals surface area contributed by atoms with E-state index in [9.17, 15) is 19.5 Å². The summed E-state index contributed by atoms with van der Waals surface area (Å²) < 4.78 is 5.62. The number of fused-ring (bicyclic) bond motifs is 3. The van der Waals surface area contributed by atoms with Crippen LogP contribution in [0.3, 0.4) is 0 Å². The van der Waals surface area contributed by atoms with Crippen LogP contribution in [0, 0.1) is 0 Å². The van der Waals surface area contributed by atoms with Crippen LogP contribution in [0.4, 0.5) is 4.79 Å². The summed E-state index contributed by atoms with van der Waals surface area (Å²) in [7, 11) is 0. The van der Waals surface area contributed by atoms with Crippen LogP contribution in [0.2, 0.25) is 0 Å². The second kappa shape index (κ2) is 7.97. The molecule has 3 aliphatic rings. The Balaban J connectivity index is 1.28. The molecule has 0 aliphatic heterocycles. The van der Waals surface area contributed by atoms with Crippen molar-refractivity contribution in [2.45, 2.75) is 49.6 Å². The lowest BCUT2D eigenvalue weighted by atomic mass is 9.75. The van der Waals surface area contributed by atoms with Crippen LogP contribution < -0.4 is 5.32 Å². The number of carbonyl (C=O) groups is 3. The third-order valence-electron chi connectivity index (χ3n) is 6.86. The molecule has 7 heteroatoms. The van der Waals surface area contributed by atoms with Crippen molar-refractivity contribution in [3.8, 4) is 11.1 Å². The quantitative estimate of drug-likeness (QED) is 0.695. The molecule has 2 amide bonds. The highest BCUT2D eigenvalue weighted by Crippen LogP contribution is 2.44. The van der Waals surface area contributed by atoms with E-state index in [2.05, 4.69) is 29.6 Å². The van der Waals surface area contributed by atoms with Gasteiger partial charge in [0, 0.05) is 12.0 Å². The fourth-order valence-electron chi connectivity index (χ4n) is 4.93. The minimum absolute atomic E-state index is 0.0413. The Hall–Kier alpha value is -3.35. The van der Waals surface area contributed by atoms with Crippen molar-refractivity contribution < 1.29 is 24.2 Å². The molecular weight excluding hydrogens is 408 g/mol. The van der Waals surface area contributed by atoms with Gasteiger partial charge in [-0.05, 0) is 54.4 Å². The number of ether oxygens (including phenoxy) is 1. The van der Waals surface area contributed by atoms with Gasteiger partial charge in [0.2, 0.25) is 5.91 Å². The highest BCUT2D eigenvalue weighted by atomic mass is 16.5. The number of aliphatic carboxylic acids is 1. The van der Waals surface area contributed by atoms with E-state index in [0.717, 1.165) is 41.5 Å². The lowest BCUT2D eigenvalue weighted by molar-refractivity contribution is -0.150.